The Morgan fingerprint density at radius 3 is 2.40 bits per heavy atom. The van der Waals surface area contributed by atoms with E-state index >= 15 is 0 Å². The van der Waals surface area contributed by atoms with Crippen molar-refractivity contribution in [1.29, 1.82) is 0 Å². The van der Waals surface area contributed by atoms with Crippen LogP contribution in [0.2, 0.25) is 0 Å². The summed E-state index contributed by atoms with van der Waals surface area (Å²) in [7, 11) is 4.02. The van der Waals surface area contributed by atoms with Crippen molar-refractivity contribution in [3.05, 3.63) is 51.3 Å². The normalized spacial score (nSPS) is 12.7. The maximum absolute atomic E-state index is 4.48. The molecule has 0 aliphatic heterocycles. The van der Waals surface area contributed by atoms with Gasteiger partial charge >= 0.3 is 0 Å². The van der Waals surface area contributed by atoms with E-state index < -0.39 is 0 Å². The van der Waals surface area contributed by atoms with Crippen LogP contribution in [-0.2, 0) is 13.5 Å². The van der Waals surface area contributed by atoms with Gasteiger partial charge in [-0.2, -0.15) is 5.10 Å². The molecule has 108 valence electrons. The van der Waals surface area contributed by atoms with Gasteiger partial charge in [-0.15, -0.1) is 0 Å². The van der Waals surface area contributed by atoms with E-state index in [-0.39, 0.29) is 0 Å². The Bertz CT molecular complexity index is 572. The third-order valence-corrected chi connectivity index (χ3v) is 4.73. The number of halogens is 1. The highest BCUT2D eigenvalue weighted by Crippen LogP contribution is 2.27. The highest BCUT2D eigenvalue weighted by atomic mass is 79.9. The Labute approximate surface area is 129 Å². The molecule has 0 fully saturated rings. The lowest BCUT2D eigenvalue weighted by atomic mass is 9.93. The van der Waals surface area contributed by atoms with Crippen molar-refractivity contribution >= 4 is 15.9 Å². The summed E-state index contributed by atoms with van der Waals surface area (Å²) in [6.07, 6.45) is 0.974. The Morgan fingerprint density at radius 2 is 1.90 bits per heavy atom. The molecule has 0 bridgehead atoms. The van der Waals surface area contributed by atoms with Crippen LogP contribution in [0.25, 0.3) is 0 Å². The molecule has 2 aromatic rings. The molecule has 0 aliphatic carbocycles. The fraction of sp³-hybridized carbons (Fsp3) is 0.438. The highest BCUT2D eigenvalue weighted by molar-refractivity contribution is 9.10. The number of aromatic nitrogens is 2. The molecule has 1 heterocycles. The van der Waals surface area contributed by atoms with Gasteiger partial charge in [-0.25, -0.2) is 0 Å². The molecule has 1 aromatic heterocycles. The molecule has 1 unspecified atom stereocenters. The van der Waals surface area contributed by atoms with Gasteiger partial charge in [-0.05, 0) is 48.8 Å². The average Bonchev–Trinajstić information content (AvgIpc) is 2.65. The molecular weight excluding hydrogens is 314 g/mol. The molecule has 1 aromatic carbocycles. The van der Waals surface area contributed by atoms with E-state index in [0.29, 0.717) is 5.92 Å². The van der Waals surface area contributed by atoms with Crippen molar-refractivity contribution in [3.8, 4) is 0 Å². The van der Waals surface area contributed by atoms with Crippen molar-refractivity contribution in [2.75, 3.05) is 13.6 Å². The molecule has 2 rings (SSSR count). The molecule has 4 heteroatoms. The second kappa shape index (κ2) is 6.55. The van der Waals surface area contributed by atoms with Crippen LogP contribution in [0.3, 0.4) is 0 Å². The van der Waals surface area contributed by atoms with E-state index in [0.717, 1.165) is 23.1 Å². The van der Waals surface area contributed by atoms with Gasteiger partial charge in [-0.3, -0.25) is 4.68 Å². The zero-order valence-electron chi connectivity index (χ0n) is 12.6. The van der Waals surface area contributed by atoms with E-state index in [9.17, 15) is 0 Å². The Kier molecular flexibility index (Phi) is 5.00. The Hall–Kier alpha value is -1.13. The van der Waals surface area contributed by atoms with E-state index in [4.69, 9.17) is 0 Å². The van der Waals surface area contributed by atoms with Crippen LogP contribution in [0.5, 0.6) is 0 Å². The first-order valence-corrected chi connectivity index (χ1v) is 7.71. The van der Waals surface area contributed by atoms with Crippen LogP contribution < -0.4 is 5.32 Å². The predicted octanol–water partition coefficient (Wildman–Crippen LogP) is 3.35. The lowest BCUT2D eigenvalue weighted by Crippen LogP contribution is -2.20. The monoisotopic (exact) mass is 335 g/mol. The first-order valence-electron chi connectivity index (χ1n) is 6.92. The van der Waals surface area contributed by atoms with Crippen LogP contribution in [-0.4, -0.2) is 23.4 Å². The molecular formula is C16H22BrN3. The number of aryl methyl sites for hydroxylation is 3. The SMILES string of the molecule is CNCC(Cc1c(Br)c(C)nn1C)c1ccc(C)cc1. The third-order valence-electron chi connectivity index (χ3n) is 3.70. The molecule has 0 spiro atoms. The number of hydrogen-bond acceptors (Lipinski definition) is 2. The lowest BCUT2D eigenvalue weighted by Gasteiger charge is -2.18. The summed E-state index contributed by atoms with van der Waals surface area (Å²) < 4.78 is 3.12. The van der Waals surface area contributed by atoms with Gasteiger partial charge in [-0.1, -0.05) is 29.8 Å². The van der Waals surface area contributed by atoms with Crippen molar-refractivity contribution in [2.24, 2.45) is 7.05 Å². The first kappa shape index (κ1) is 15.3. The minimum atomic E-state index is 0.451. The molecule has 3 nitrogen and oxygen atoms in total. The van der Waals surface area contributed by atoms with Crippen LogP contribution in [0.4, 0.5) is 0 Å². The van der Waals surface area contributed by atoms with Crippen molar-refractivity contribution in [2.45, 2.75) is 26.2 Å². The standard InChI is InChI=1S/C16H22BrN3/c1-11-5-7-13(8-6-11)14(10-18-3)9-15-16(17)12(2)19-20(15)4/h5-8,14,18H,9-10H2,1-4H3. The van der Waals surface area contributed by atoms with Crippen LogP contribution >= 0.6 is 15.9 Å². The van der Waals surface area contributed by atoms with Crippen LogP contribution in [0.1, 0.15) is 28.4 Å². The van der Waals surface area contributed by atoms with E-state index in [2.05, 4.69) is 57.5 Å². The summed E-state index contributed by atoms with van der Waals surface area (Å²) >= 11 is 3.66. The summed E-state index contributed by atoms with van der Waals surface area (Å²) in [6.45, 7) is 5.12. The second-order valence-corrected chi connectivity index (χ2v) is 6.13. The van der Waals surface area contributed by atoms with Gasteiger partial charge in [0.25, 0.3) is 0 Å². The first-order chi connectivity index (χ1) is 9.52. The molecule has 0 aliphatic rings. The smallest absolute Gasteiger partial charge is 0.0738 e. The molecule has 0 amide bonds. The second-order valence-electron chi connectivity index (χ2n) is 5.34. The minimum Gasteiger partial charge on any atom is -0.319 e. The molecule has 1 atom stereocenters. The molecule has 0 saturated carbocycles. The summed E-state index contributed by atoms with van der Waals surface area (Å²) in [5.74, 6) is 0.451. The maximum Gasteiger partial charge on any atom is 0.0738 e. The van der Waals surface area contributed by atoms with Gasteiger partial charge in [0.1, 0.15) is 0 Å². The third kappa shape index (κ3) is 3.30. The van der Waals surface area contributed by atoms with Gasteiger partial charge in [0.2, 0.25) is 0 Å². The molecule has 1 N–H and O–H groups in total. The number of nitrogens with one attached hydrogen (secondary N) is 1. The van der Waals surface area contributed by atoms with Crippen molar-refractivity contribution < 1.29 is 0 Å². The summed E-state index contributed by atoms with van der Waals surface area (Å²) in [6, 6.07) is 8.83. The summed E-state index contributed by atoms with van der Waals surface area (Å²) in [4.78, 5) is 0. The average molecular weight is 336 g/mol. The topological polar surface area (TPSA) is 29.9 Å². The quantitative estimate of drug-likeness (QED) is 0.908. The minimum absolute atomic E-state index is 0.451. The van der Waals surface area contributed by atoms with Gasteiger partial charge in [0.15, 0.2) is 0 Å². The number of nitrogens with zero attached hydrogens (tertiary/aromatic N) is 2. The molecule has 20 heavy (non-hydrogen) atoms. The molecule has 0 radical (unpaired) electrons. The number of benzene rings is 1. The lowest BCUT2D eigenvalue weighted by molar-refractivity contribution is 0.590. The van der Waals surface area contributed by atoms with E-state index in [1.165, 1.54) is 16.8 Å². The fourth-order valence-corrected chi connectivity index (χ4v) is 3.03. The highest BCUT2D eigenvalue weighted by Gasteiger charge is 2.17. The fourth-order valence-electron chi connectivity index (χ4n) is 2.53. The number of rotatable bonds is 5. The molecule has 0 saturated heterocycles. The zero-order valence-corrected chi connectivity index (χ0v) is 14.2. The van der Waals surface area contributed by atoms with Crippen molar-refractivity contribution in [3.63, 3.8) is 0 Å². The van der Waals surface area contributed by atoms with Crippen molar-refractivity contribution in [1.82, 2.24) is 15.1 Å². The van der Waals surface area contributed by atoms with Gasteiger partial charge in [0.05, 0.1) is 15.9 Å². The summed E-state index contributed by atoms with van der Waals surface area (Å²) in [5.41, 5.74) is 4.98. The van der Waals surface area contributed by atoms with Gasteiger partial charge < -0.3 is 5.32 Å². The number of likely N-dealkylation sites (N-methyl/N-ethyl adjacent to an activating group) is 1. The maximum atomic E-state index is 4.48. The Morgan fingerprint density at radius 1 is 1.25 bits per heavy atom. The van der Waals surface area contributed by atoms with Crippen LogP contribution in [0, 0.1) is 13.8 Å². The van der Waals surface area contributed by atoms with E-state index in [1.807, 2.05) is 25.7 Å². The number of hydrogen-bond donors (Lipinski definition) is 1. The zero-order chi connectivity index (χ0) is 14.7. The Balaban J connectivity index is 2.27. The predicted molar refractivity (Wildman–Crippen MR) is 87.2 cm³/mol. The largest absolute Gasteiger partial charge is 0.319 e. The van der Waals surface area contributed by atoms with E-state index in [1.54, 1.807) is 0 Å². The summed E-state index contributed by atoms with van der Waals surface area (Å²) in [5, 5.41) is 7.78. The van der Waals surface area contributed by atoms with Gasteiger partial charge in [0, 0.05) is 19.5 Å². The van der Waals surface area contributed by atoms with Crippen LogP contribution in [0.15, 0.2) is 28.7 Å².